The molecule has 0 saturated carbocycles. The molecule has 4 heteroatoms. The van der Waals surface area contributed by atoms with E-state index in [0.717, 1.165) is 30.0 Å². The Hall–Kier alpha value is -2.62. The third-order valence-electron chi connectivity index (χ3n) is 5.68. The summed E-state index contributed by atoms with van der Waals surface area (Å²) in [5, 5.41) is 0. The maximum Gasteiger partial charge on any atom is 0.227 e. The summed E-state index contributed by atoms with van der Waals surface area (Å²) in [5.41, 5.74) is 4.37. The molecule has 0 N–H and O–H groups in total. The summed E-state index contributed by atoms with van der Waals surface area (Å²) in [6, 6.07) is 16.5. The van der Waals surface area contributed by atoms with Crippen molar-refractivity contribution in [3.05, 3.63) is 59.9 Å². The van der Waals surface area contributed by atoms with E-state index in [1.54, 1.807) is 0 Å². The van der Waals surface area contributed by atoms with E-state index in [1.807, 2.05) is 23.1 Å². The zero-order valence-corrected chi connectivity index (χ0v) is 16.4. The molecule has 140 valence electrons. The van der Waals surface area contributed by atoms with Gasteiger partial charge < -0.3 is 9.47 Å². The first-order valence-electron chi connectivity index (χ1n) is 9.89. The second-order valence-electron chi connectivity index (χ2n) is 7.83. The van der Waals surface area contributed by atoms with Gasteiger partial charge in [-0.2, -0.15) is 0 Å². The predicted molar refractivity (Wildman–Crippen MR) is 110 cm³/mol. The van der Waals surface area contributed by atoms with Crippen LogP contribution in [-0.4, -0.2) is 22.0 Å². The summed E-state index contributed by atoms with van der Waals surface area (Å²) >= 11 is 0. The summed E-state index contributed by atoms with van der Waals surface area (Å²) in [6.45, 7) is 8.21. The van der Waals surface area contributed by atoms with Crippen LogP contribution in [0.5, 0.6) is 0 Å². The monoisotopic (exact) mass is 361 g/mol. The van der Waals surface area contributed by atoms with E-state index in [0.29, 0.717) is 18.9 Å². The van der Waals surface area contributed by atoms with Crippen LogP contribution in [0, 0.1) is 12.8 Å². The number of carbonyl (C=O) groups excluding carboxylic acids is 1. The second-order valence-corrected chi connectivity index (χ2v) is 7.83. The molecule has 3 aromatic rings. The molecule has 0 aliphatic carbocycles. The highest BCUT2D eigenvalue weighted by molar-refractivity contribution is 5.96. The van der Waals surface area contributed by atoms with Crippen molar-refractivity contribution >= 4 is 22.6 Å². The first-order chi connectivity index (χ1) is 13.1. The van der Waals surface area contributed by atoms with Gasteiger partial charge in [0, 0.05) is 31.1 Å². The summed E-state index contributed by atoms with van der Waals surface area (Å²) in [4.78, 5) is 19.6. The van der Waals surface area contributed by atoms with Gasteiger partial charge in [-0.05, 0) is 42.7 Å². The molecule has 1 aromatic heterocycles. The number of carbonyl (C=O) groups is 1. The Labute approximate surface area is 160 Å². The molecule has 1 aliphatic rings. The van der Waals surface area contributed by atoms with Crippen molar-refractivity contribution in [3.8, 4) is 0 Å². The molecular formula is C23H27N3O. The lowest BCUT2D eigenvalue weighted by atomic mass is 10.1. The van der Waals surface area contributed by atoms with Gasteiger partial charge in [0.15, 0.2) is 0 Å². The minimum absolute atomic E-state index is 0.134. The molecular weight excluding hydrogens is 334 g/mol. The summed E-state index contributed by atoms with van der Waals surface area (Å²) in [5.74, 6) is 1.95. The Kier molecular flexibility index (Phi) is 4.73. The number of imidazole rings is 1. The lowest BCUT2D eigenvalue weighted by molar-refractivity contribution is -0.117. The minimum atomic E-state index is 0.134. The predicted octanol–water partition coefficient (Wildman–Crippen LogP) is 4.91. The van der Waals surface area contributed by atoms with Crippen LogP contribution in [0.1, 0.15) is 44.0 Å². The maximum atomic E-state index is 12.8. The van der Waals surface area contributed by atoms with Crippen molar-refractivity contribution in [2.24, 2.45) is 5.92 Å². The molecule has 4 nitrogen and oxygen atoms in total. The van der Waals surface area contributed by atoms with Gasteiger partial charge in [0.1, 0.15) is 5.82 Å². The highest BCUT2D eigenvalue weighted by Crippen LogP contribution is 2.34. The molecule has 2 aromatic carbocycles. The van der Waals surface area contributed by atoms with Crippen LogP contribution >= 0.6 is 0 Å². The SMILES string of the molecule is CC[C@H](C)Cn1c([C@@H]2CC(=O)N(c3cccc(C)c3)C2)nc2ccccc21. The van der Waals surface area contributed by atoms with Gasteiger partial charge in [-0.3, -0.25) is 4.79 Å². The van der Waals surface area contributed by atoms with Crippen molar-refractivity contribution in [1.29, 1.82) is 0 Å². The van der Waals surface area contributed by atoms with Crippen molar-refractivity contribution in [2.75, 3.05) is 11.4 Å². The van der Waals surface area contributed by atoms with Crippen LogP contribution in [0.4, 0.5) is 5.69 Å². The molecule has 0 spiro atoms. The number of hydrogen-bond acceptors (Lipinski definition) is 2. The Bertz CT molecular complexity index is 975. The van der Waals surface area contributed by atoms with Gasteiger partial charge in [-0.15, -0.1) is 0 Å². The second kappa shape index (κ2) is 7.18. The van der Waals surface area contributed by atoms with E-state index >= 15 is 0 Å². The number of aromatic nitrogens is 2. The first-order valence-corrected chi connectivity index (χ1v) is 9.89. The van der Waals surface area contributed by atoms with Crippen molar-refractivity contribution in [3.63, 3.8) is 0 Å². The summed E-state index contributed by atoms with van der Waals surface area (Å²) < 4.78 is 2.35. The molecule has 0 bridgehead atoms. The van der Waals surface area contributed by atoms with E-state index in [2.05, 4.69) is 55.7 Å². The van der Waals surface area contributed by atoms with Gasteiger partial charge in [0.2, 0.25) is 5.91 Å². The van der Waals surface area contributed by atoms with Crippen LogP contribution in [0.2, 0.25) is 0 Å². The molecule has 27 heavy (non-hydrogen) atoms. The van der Waals surface area contributed by atoms with Crippen LogP contribution in [0.15, 0.2) is 48.5 Å². The van der Waals surface area contributed by atoms with Gasteiger partial charge in [-0.25, -0.2) is 4.98 Å². The van der Waals surface area contributed by atoms with Crippen LogP contribution < -0.4 is 4.90 Å². The Morgan fingerprint density at radius 2 is 2.00 bits per heavy atom. The zero-order chi connectivity index (χ0) is 19.0. The van der Waals surface area contributed by atoms with E-state index in [4.69, 9.17) is 4.98 Å². The minimum Gasteiger partial charge on any atom is -0.327 e. The largest absolute Gasteiger partial charge is 0.327 e. The smallest absolute Gasteiger partial charge is 0.227 e. The quantitative estimate of drug-likeness (QED) is 0.647. The Balaban J connectivity index is 1.70. The normalized spacial score (nSPS) is 18.4. The molecule has 2 heterocycles. The molecule has 1 saturated heterocycles. The average Bonchev–Trinajstić information content (AvgIpc) is 3.22. The highest BCUT2D eigenvalue weighted by atomic mass is 16.2. The number of anilines is 1. The number of hydrogen-bond donors (Lipinski definition) is 0. The molecule has 2 atom stereocenters. The maximum absolute atomic E-state index is 12.8. The molecule has 1 aliphatic heterocycles. The topological polar surface area (TPSA) is 38.1 Å². The fourth-order valence-electron chi connectivity index (χ4n) is 3.96. The van der Waals surface area contributed by atoms with Crippen LogP contribution in [-0.2, 0) is 11.3 Å². The van der Waals surface area contributed by atoms with Crippen molar-refractivity contribution in [1.82, 2.24) is 9.55 Å². The fourth-order valence-corrected chi connectivity index (χ4v) is 3.96. The highest BCUT2D eigenvalue weighted by Gasteiger charge is 2.35. The number of fused-ring (bicyclic) bond motifs is 1. The lowest BCUT2D eigenvalue weighted by Crippen LogP contribution is -2.24. The molecule has 1 amide bonds. The third-order valence-corrected chi connectivity index (χ3v) is 5.68. The van der Waals surface area contributed by atoms with E-state index in [9.17, 15) is 4.79 Å². The Morgan fingerprint density at radius 1 is 1.19 bits per heavy atom. The lowest BCUT2D eigenvalue weighted by Gasteiger charge is -2.19. The van der Waals surface area contributed by atoms with Gasteiger partial charge in [0.05, 0.1) is 11.0 Å². The molecule has 0 unspecified atom stereocenters. The standard InChI is InChI=1S/C23H27N3O/c1-4-16(2)14-26-21-11-6-5-10-20(21)24-23(26)18-13-22(27)25(15-18)19-9-7-8-17(3)12-19/h5-12,16,18H,4,13-15H2,1-3H3/t16-,18+/m0/s1. The van der Waals surface area contributed by atoms with Crippen molar-refractivity contribution in [2.45, 2.75) is 46.1 Å². The molecule has 0 radical (unpaired) electrons. The van der Waals surface area contributed by atoms with Crippen molar-refractivity contribution < 1.29 is 4.79 Å². The number of para-hydroxylation sites is 2. The number of aryl methyl sites for hydroxylation is 1. The molecule has 1 fully saturated rings. The zero-order valence-electron chi connectivity index (χ0n) is 16.4. The van der Waals surface area contributed by atoms with Gasteiger partial charge >= 0.3 is 0 Å². The number of nitrogens with zero attached hydrogens (tertiary/aromatic N) is 3. The van der Waals surface area contributed by atoms with Crippen LogP contribution in [0.3, 0.4) is 0 Å². The number of amides is 1. The summed E-state index contributed by atoms with van der Waals surface area (Å²) in [6.07, 6.45) is 1.66. The molecule has 4 rings (SSSR count). The first kappa shape index (κ1) is 17.8. The number of benzene rings is 2. The van der Waals surface area contributed by atoms with Crippen LogP contribution in [0.25, 0.3) is 11.0 Å². The van der Waals surface area contributed by atoms with E-state index in [-0.39, 0.29) is 11.8 Å². The summed E-state index contributed by atoms with van der Waals surface area (Å²) in [7, 11) is 0. The average molecular weight is 361 g/mol. The van der Waals surface area contributed by atoms with E-state index < -0.39 is 0 Å². The fraction of sp³-hybridized carbons (Fsp3) is 0.391. The van der Waals surface area contributed by atoms with Gasteiger partial charge in [-0.1, -0.05) is 44.5 Å². The number of rotatable bonds is 5. The van der Waals surface area contributed by atoms with Gasteiger partial charge in [0.25, 0.3) is 0 Å². The van der Waals surface area contributed by atoms with E-state index in [1.165, 1.54) is 11.1 Å². The third kappa shape index (κ3) is 3.36. The Morgan fingerprint density at radius 3 is 2.78 bits per heavy atom.